The van der Waals surface area contributed by atoms with Crippen LogP contribution in [0.25, 0.3) is 0 Å². The third kappa shape index (κ3) is 4.50. The van der Waals surface area contributed by atoms with Crippen molar-refractivity contribution in [1.29, 1.82) is 0 Å². The molecule has 1 atom stereocenters. The molecule has 10 heteroatoms. The third-order valence-electron chi connectivity index (χ3n) is 4.26. The van der Waals surface area contributed by atoms with Crippen LogP contribution in [0.4, 0.5) is 13.2 Å². The van der Waals surface area contributed by atoms with Gasteiger partial charge in [-0.3, -0.25) is 9.69 Å². The number of carbonyl (C=O) groups is 1. The Morgan fingerprint density at radius 2 is 1.84 bits per heavy atom. The molecule has 1 unspecified atom stereocenters. The highest BCUT2D eigenvalue weighted by atomic mass is 32.2. The Labute approximate surface area is 143 Å². The standard InChI is InChI=1S/C15H19F3N2O4S/c1-19(9-15(21)22)10-3-2-5-20(6-4-10)25(23,24)14-8-12(17)11(16)7-13(14)18/h7-8,10H,2-6,9H2,1H3,(H,21,22). The minimum atomic E-state index is -4.31. The predicted octanol–water partition coefficient (Wildman–Crippen LogP) is 1.66. The van der Waals surface area contributed by atoms with Gasteiger partial charge in [-0.1, -0.05) is 0 Å². The molecule has 25 heavy (non-hydrogen) atoms. The van der Waals surface area contributed by atoms with Gasteiger partial charge >= 0.3 is 5.97 Å². The van der Waals surface area contributed by atoms with Crippen molar-refractivity contribution in [3.8, 4) is 0 Å². The summed E-state index contributed by atoms with van der Waals surface area (Å²) < 4.78 is 66.4. The van der Waals surface area contributed by atoms with Crippen LogP contribution in [0.5, 0.6) is 0 Å². The summed E-state index contributed by atoms with van der Waals surface area (Å²) in [5.41, 5.74) is 0. The molecule has 1 aromatic rings. The molecule has 1 N–H and O–H groups in total. The van der Waals surface area contributed by atoms with Crippen LogP contribution in [0.15, 0.2) is 17.0 Å². The molecule has 2 rings (SSSR count). The molecule has 0 saturated carbocycles. The Kier molecular flexibility index (Phi) is 6.07. The molecule has 0 aromatic heterocycles. The number of benzene rings is 1. The van der Waals surface area contributed by atoms with Crippen molar-refractivity contribution in [3.05, 3.63) is 29.6 Å². The van der Waals surface area contributed by atoms with Crippen molar-refractivity contribution in [3.63, 3.8) is 0 Å². The monoisotopic (exact) mass is 380 g/mol. The lowest BCUT2D eigenvalue weighted by molar-refractivity contribution is -0.138. The first-order valence-corrected chi connectivity index (χ1v) is 9.13. The van der Waals surface area contributed by atoms with E-state index < -0.39 is 38.3 Å². The molecule has 0 bridgehead atoms. The average Bonchev–Trinajstić information content (AvgIpc) is 2.76. The van der Waals surface area contributed by atoms with Gasteiger partial charge in [0.2, 0.25) is 10.0 Å². The van der Waals surface area contributed by atoms with Crippen LogP contribution < -0.4 is 0 Å². The van der Waals surface area contributed by atoms with Gasteiger partial charge in [0, 0.05) is 25.2 Å². The lowest BCUT2D eigenvalue weighted by atomic mass is 10.1. The minimum Gasteiger partial charge on any atom is -0.480 e. The predicted molar refractivity (Wildman–Crippen MR) is 83.0 cm³/mol. The molecule has 0 spiro atoms. The fraction of sp³-hybridized carbons (Fsp3) is 0.533. The Morgan fingerprint density at radius 3 is 2.48 bits per heavy atom. The molecule has 0 aliphatic carbocycles. The maximum Gasteiger partial charge on any atom is 0.317 e. The van der Waals surface area contributed by atoms with Gasteiger partial charge < -0.3 is 5.11 Å². The third-order valence-corrected chi connectivity index (χ3v) is 6.17. The quantitative estimate of drug-likeness (QED) is 0.787. The van der Waals surface area contributed by atoms with E-state index in [1.165, 1.54) is 0 Å². The van der Waals surface area contributed by atoms with E-state index in [2.05, 4.69) is 0 Å². The summed E-state index contributed by atoms with van der Waals surface area (Å²) in [4.78, 5) is 11.5. The van der Waals surface area contributed by atoms with Gasteiger partial charge in [0.05, 0.1) is 6.54 Å². The Hall–Kier alpha value is -1.65. The van der Waals surface area contributed by atoms with Crippen molar-refractivity contribution in [2.75, 3.05) is 26.7 Å². The van der Waals surface area contributed by atoms with Gasteiger partial charge in [-0.05, 0) is 32.4 Å². The highest BCUT2D eigenvalue weighted by Gasteiger charge is 2.32. The topological polar surface area (TPSA) is 77.9 Å². The number of rotatable bonds is 5. The van der Waals surface area contributed by atoms with E-state index in [4.69, 9.17) is 5.11 Å². The molecule has 1 aromatic carbocycles. The smallest absolute Gasteiger partial charge is 0.317 e. The van der Waals surface area contributed by atoms with Crippen LogP contribution in [-0.2, 0) is 14.8 Å². The molecule has 140 valence electrons. The van der Waals surface area contributed by atoms with E-state index in [1.807, 2.05) is 0 Å². The number of carboxylic acid groups (broad SMARTS) is 1. The zero-order valence-corrected chi connectivity index (χ0v) is 14.4. The summed E-state index contributed by atoms with van der Waals surface area (Å²) >= 11 is 0. The van der Waals surface area contributed by atoms with Gasteiger partial charge in [-0.2, -0.15) is 4.31 Å². The van der Waals surface area contributed by atoms with Crippen LogP contribution in [-0.4, -0.2) is 61.4 Å². The Bertz CT molecular complexity index is 757. The second kappa shape index (κ2) is 7.71. The number of carboxylic acids is 1. The van der Waals surface area contributed by atoms with Crippen molar-refractivity contribution in [2.24, 2.45) is 0 Å². The summed E-state index contributed by atoms with van der Waals surface area (Å²) in [5.74, 6) is -5.22. The Balaban J connectivity index is 2.19. The first-order chi connectivity index (χ1) is 11.6. The molecule has 1 heterocycles. The summed E-state index contributed by atoms with van der Waals surface area (Å²) in [6, 6.07) is 0.425. The number of hydrogen-bond donors (Lipinski definition) is 1. The first kappa shape index (κ1) is 19.7. The second-order valence-electron chi connectivity index (χ2n) is 5.99. The first-order valence-electron chi connectivity index (χ1n) is 7.69. The molecule has 1 fully saturated rings. The van der Waals surface area contributed by atoms with Crippen LogP contribution in [0.3, 0.4) is 0 Å². The van der Waals surface area contributed by atoms with Crippen molar-refractivity contribution >= 4 is 16.0 Å². The fourth-order valence-electron chi connectivity index (χ4n) is 2.92. The van der Waals surface area contributed by atoms with E-state index in [-0.39, 0.29) is 31.7 Å². The second-order valence-corrected chi connectivity index (χ2v) is 7.90. The van der Waals surface area contributed by atoms with Crippen molar-refractivity contribution < 1.29 is 31.5 Å². The SMILES string of the molecule is CN(CC(=O)O)C1CCCN(S(=O)(=O)c2cc(F)c(F)cc2F)CC1. The van der Waals surface area contributed by atoms with Gasteiger partial charge in [0.15, 0.2) is 11.6 Å². The highest BCUT2D eigenvalue weighted by Crippen LogP contribution is 2.25. The highest BCUT2D eigenvalue weighted by molar-refractivity contribution is 7.89. The van der Waals surface area contributed by atoms with E-state index in [0.29, 0.717) is 25.3 Å². The summed E-state index contributed by atoms with van der Waals surface area (Å²) in [6.45, 7) is -0.0389. The average molecular weight is 380 g/mol. The van der Waals surface area contributed by atoms with Gasteiger partial charge in [-0.25, -0.2) is 21.6 Å². The number of halogens is 3. The largest absolute Gasteiger partial charge is 0.480 e. The molecular weight excluding hydrogens is 361 g/mol. The molecule has 1 saturated heterocycles. The molecule has 6 nitrogen and oxygen atoms in total. The lowest BCUT2D eigenvalue weighted by Gasteiger charge is -2.25. The lowest BCUT2D eigenvalue weighted by Crippen LogP contribution is -2.37. The van der Waals surface area contributed by atoms with Crippen LogP contribution in [0, 0.1) is 17.5 Å². The zero-order valence-electron chi connectivity index (χ0n) is 13.6. The van der Waals surface area contributed by atoms with Crippen LogP contribution >= 0.6 is 0 Å². The number of hydrogen-bond acceptors (Lipinski definition) is 4. The molecule has 0 radical (unpaired) electrons. The van der Waals surface area contributed by atoms with E-state index in [1.54, 1.807) is 11.9 Å². The van der Waals surface area contributed by atoms with Crippen LogP contribution in [0.2, 0.25) is 0 Å². The van der Waals surface area contributed by atoms with Gasteiger partial charge in [-0.15, -0.1) is 0 Å². The summed E-state index contributed by atoms with van der Waals surface area (Å²) in [5, 5.41) is 8.84. The number of aliphatic carboxylic acids is 1. The molecule has 1 aliphatic rings. The summed E-state index contributed by atoms with van der Waals surface area (Å²) in [7, 11) is -2.67. The molecule has 1 aliphatic heterocycles. The van der Waals surface area contributed by atoms with Gasteiger partial charge in [0.1, 0.15) is 10.7 Å². The van der Waals surface area contributed by atoms with E-state index >= 15 is 0 Å². The van der Waals surface area contributed by atoms with Crippen LogP contribution in [0.1, 0.15) is 19.3 Å². The van der Waals surface area contributed by atoms with Crippen molar-refractivity contribution in [1.82, 2.24) is 9.21 Å². The molecular formula is C15H19F3N2O4S. The maximum atomic E-state index is 13.8. The number of likely N-dealkylation sites (N-methyl/N-ethyl adjacent to an activating group) is 1. The van der Waals surface area contributed by atoms with E-state index in [9.17, 15) is 26.4 Å². The fourth-order valence-corrected chi connectivity index (χ4v) is 4.47. The number of nitrogens with zero attached hydrogens (tertiary/aromatic N) is 2. The van der Waals surface area contributed by atoms with Crippen molar-refractivity contribution in [2.45, 2.75) is 30.2 Å². The maximum absolute atomic E-state index is 13.8. The molecule has 0 amide bonds. The Morgan fingerprint density at radius 1 is 1.20 bits per heavy atom. The van der Waals surface area contributed by atoms with Gasteiger partial charge in [0.25, 0.3) is 0 Å². The summed E-state index contributed by atoms with van der Waals surface area (Å²) in [6.07, 6.45) is 1.38. The minimum absolute atomic E-state index is 0.0371. The normalized spacial score (nSPS) is 19.8. The number of sulfonamides is 1. The zero-order chi connectivity index (χ0) is 18.8. The van der Waals surface area contributed by atoms with E-state index in [0.717, 1.165) is 4.31 Å².